The van der Waals surface area contributed by atoms with Crippen molar-refractivity contribution in [2.75, 3.05) is 13.2 Å². The van der Waals surface area contributed by atoms with E-state index in [0.29, 0.717) is 29.5 Å². The number of unbranched alkanes of at least 4 members (excludes halogenated alkanes) is 1. The highest BCUT2D eigenvalue weighted by atomic mass is 19.1. The number of halogens is 1. The number of hydrogen-bond donors (Lipinski definition) is 0. The minimum Gasteiger partial charge on any atom is -0.491 e. The Bertz CT molecular complexity index is 772. The molecule has 3 rings (SSSR count). The number of nitrogens with zero attached hydrogens (tertiary/aromatic N) is 1. The van der Waals surface area contributed by atoms with E-state index in [-0.39, 0.29) is 5.75 Å². The van der Waals surface area contributed by atoms with Crippen LogP contribution < -0.4 is 4.74 Å². The number of nitroso groups, excluding NO2 is 1. The Balaban J connectivity index is 1.73. The molecule has 144 valence electrons. The molecule has 27 heavy (non-hydrogen) atoms. The smallest absolute Gasteiger partial charge is 0.165 e. The number of hydrogen-bond acceptors (Lipinski definition) is 4. The largest absolute Gasteiger partial charge is 0.491 e. The third-order valence-electron chi connectivity index (χ3n) is 4.94. The van der Waals surface area contributed by atoms with Crippen molar-refractivity contribution in [2.45, 2.75) is 51.6 Å². The Labute approximate surface area is 159 Å². The van der Waals surface area contributed by atoms with Gasteiger partial charge in [0.2, 0.25) is 0 Å². The fraction of sp³-hybridized carbons (Fsp3) is 0.455. The maximum atomic E-state index is 14.3. The van der Waals surface area contributed by atoms with E-state index in [1.165, 1.54) is 6.07 Å². The Kier molecular flexibility index (Phi) is 6.93. The second kappa shape index (κ2) is 9.60. The summed E-state index contributed by atoms with van der Waals surface area (Å²) in [4.78, 5) is 11.3. The molecular weight excluding hydrogens is 345 g/mol. The maximum absolute atomic E-state index is 14.3. The maximum Gasteiger partial charge on any atom is 0.165 e. The van der Waals surface area contributed by atoms with E-state index in [1.807, 2.05) is 12.1 Å². The fourth-order valence-corrected chi connectivity index (χ4v) is 3.36. The summed E-state index contributed by atoms with van der Waals surface area (Å²) in [5, 5.41) is 3.17. The van der Waals surface area contributed by atoms with E-state index in [4.69, 9.17) is 9.47 Å². The van der Waals surface area contributed by atoms with Gasteiger partial charge in [-0.3, -0.25) is 0 Å². The Hall–Kier alpha value is -2.27. The quantitative estimate of drug-likeness (QED) is 0.390. The van der Waals surface area contributed by atoms with Gasteiger partial charge in [0.15, 0.2) is 11.6 Å². The molecule has 1 atom stereocenters. The zero-order chi connectivity index (χ0) is 19.1. The lowest BCUT2D eigenvalue weighted by Crippen LogP contribution is -2.06. The predicted molar refractivity (Wildman–Crippen MR) is 105 cm³/mol. The van der Waals surface area contributed by atoms with Gasteiger partial charge in [0.25, 0.3) is 0 Å². The van der Waals surface area contributed by atoms with Crippen LogP contribution in [-0.2, 0) is 11.2 Å². The summed E-state index contributed by atoms with van der Waals surface area (Å²) >= 11 is 0. The molecule has 1 unspecified atom stereocenters. The van der Waals surface area contributed by atoms with Gasteiger partial charge in [0.1, 0.15) is 5.69 Å². The van der Waals surface area contributed by atoms with Crippen molar-refractivity contribution in [3.63, 3.8) is 0 Å². The topological polar surface area (TPSA) is 47.9 Å². The first-order valence-corrected chi connectivity index (χ1v) is 9.72. The first-order valence-electron chi connectivity index (χ1n) is 9.72. The van der Waals surface area contributed by atoms with E-state index in [1.54, 1.807) is 18.2 Å². The summed E-state index contributed by atoms with van der Waals surface area (Å²) in [6, 6.07) is 10.4. The molecule has 0 bridgehead atoms. The van der Waals surface area contributed by atoms with Crippen LogP contribution in [0.4, 0.5) is 10.1 Å². The highest BCUT2D eigenvalue weighted by Gasteiger charge is 2.16. The van der Waals surface area contributed by atoms with Crippen LogP contribution in [-0.4, -0.2) is 19.3 Å². The van der Waals surface area contributed by atoms with Crippen LogP contribution in [0.25, 0.3) is 11.1 Å². The molecule has 1 aliphatic heterocycles. The van der Waals surface area contributed by atoms with Crippen LogP contribution in [0.1, 0.15) is 44.6 Å². The van der Waals surface area contributed by atoms with Gasteiger partial charge in [-0.05, 0) is 66.6 Å². The molecule has 0 amide bonds. The zero-order valence-electron chi connectivity index (χ0n) is 15.7. The van der Waals surface area contributed by atoms with Crippen LogP contribution in [0, 0.1) is 10.7 Å². The summed E-state index contributed by atoms with van der Waals surface area (Å²) in [5.74, 6) is -0.191. The summed E-state index contributed by atoms with van der Waals surface area (Å²) in [7, 11) is 0. The van der Waals surface area contributed by atoms with E-state index >= 15 is 0 Å². The SMILES string of the molecule is CCCCOc1ccc(-c2ccc(CCC3CCCO3)cc2N=O)cc1F. The highest BCUT2D eigenvalue weighted by molar-refractivity contribution is 5.76. The van der Waals surface area contributed by atoms with Gasteiger partial charge in [0, 0.05) is 12.2 Å². The second-order valence-electron chi connectivity index (χ2n) is 6.96. The van der Waals surface area contributed by atoms with Crippen LogP contribution in [0.3, 0.4) is 0 Å². The molecule has 1 heterocycles. The monoisotopic (exact) mass is 371 g/mol. The van der Waals surface area contributed by atoms with Crippen molar-refractivity contribution in [1.82, 2.24) is 0 Å². The highest BCUT2D eigenvalue weighted by Crippen LogP contribution is 2.34. The standard InChI is InChI=1S/C22H26FNO3/c1-2-3-12-27-22-11-8-17(15-20(22)23)19-10-7-16(14-21(19)24-25)6-9-18-5-4-13-26-18/h7-8,10-11,14-15,18H,2-6,9,12-13H2,1H3. The van der Waals surface area contributed by atoms with Crippen LogP contribution in [0.15, 0.2) is 41.6 Å². The average Bonchev–Trinajstić information content (AvgIpc) is 3.21. The van der Waals surface area contributed by atoms with E-state index in [2.05, 4.69) is 12.1 Å². The van der Waals surface area contributed by atoms with Crippen molar-refractivity contribution in [2.24, 2.45) is 5.18 Å². The molecule has 2 aromatic rings. The van der Waals surface area contributed by atoms with E-state index in [9.17, 15) is 9.30 Å². The lowest BCUT2D eigenvalue weighted by atomic mass is 9.98. The Morgan fingerprint density at radius 2 is 2.15 bits per heavy atom. The molecular formula is C22H26FNO3. The number of rotatable bonds is 9. The van der Waals surface area contributed by atoms with Crippen LogP contribution in [0.2, 0.25) is 0 Å². The molecule has 0 aliphatic carbocycles. The van der Waals surface area contributed by atoms with Crippen molar-refractivity contribution in [3.05, 3.63) is 52.7 Å². The summed E-state index contributed by atoms with van der Waals surface area (Å²) < 4.78 is 25.4. The van der Waals surface area contributed by atoms with Gasteiger partial charge in [-0.1, -0.05) is 31.5 Å². The number of benzene rings is 2. The summed E-state index contributed by atoms with van der Waals surface area (Å²) in [5.41, 5.74) is 2.63. The molecule has 5 heteroatoms. The van der Waals surface area contributed by atoms with Gasteiger partial charge < -0.3 is 9.47 Å². The average molecular weight is 371 g/mol. The molecule has 0 N–H and O–H groups in total. The van der Waals surface area contributed by atoms with Gasteiger partial charge in [-0.25, -0.2) is 4.39 Å². The first-order chi connectivity index (χ1) is 13.2. The van der Waals surface area contributed by atoms with Crippen molar-refractivity contribution < 1.29 is 13.9 Å². The normalized spacial score (nSPS) is 16.4. The van der Waals surface area contributed by atoms with Gasteiger partial charge >= 0.3 is 0 Å². The molecule has 0 aromatic heterocycles. The van der Waals surface area contributed by atoms with E-state index in [0.717, 1.165) is 50.7 Å². The van der Waals surface area contributed by atoms with Crippen LogP contribution >= 0.6 is 0 Å². The van der Waals surface area contributed by atoms with Gasteiger partial charge in [-0.2, -0.15) is 0 Å². The Morgan fingerprint density at radius 3 is 2.85 bits per heavy atom. The third kappa shape index (κ3) is 5.13. The Morgan fingerprint density at radius 1 is 1.26 bits per heavy atom. The van der Waals surface area contributed by atoms with Gasteiger partial charge in [-0.15, -0.1) is 4.91 Å². The number of ether oxygens (including phenoxy) is 2. The molecule has 4 nitrogen and oxygen atoms in total. The molecule has 2 aromatic carbocycles. The molecule has 0 saturated carbocycles. The molecule has 0 spiro atoms. The molecule has 1 aliphatic rings. The van der Waals surface area contributed by atoms with Gasteiger partial charge in [0.05, 0.1) is 12.7 Å². The summed E-state index contributed by atoms with van der Waals surface area (Å²) in [6.45, 7) is 3.39. The zero-order valence-corrected chi connectivity index (χ0v) is 15.7. The van der Waals surface area contributed by atoms with E-state index < -0.39 is 5.82 Å². The van der Waals surface area contributed by atoms with Crippen molar-refractivity contribution in [3.8, 4) is 16.9 Å². The lowest BCUT2D eigenvalue weighted by Gasteiger charge is -2.12. The summed E-state index contributed by atoms with van der Waals surface area (Å²) in [6.07, 6.45) is 6.19. The number of aryl methyl sites for hydroxylation is 1. The fourth-order valence-electron chi connectivity index (χ4n) is 3.36. The van der Waals surface area contributed by atoms with Crippen molar-refractivity contribution >= 4 is 5.69 Å². The first kappa shape index (κ1) is 19.5. The molecule has 1 fully saturated rings. The molecule has 0 radical (unpaired) electrons. The predicted octanol–water partition coefficient (Wildman–Crippen LogP) is 6.18. The van der Waals surface area contributed by atoms with Crippen LogP contribution in [0.5, 0.6) is 5.75 Å². The minimum atomic E-state index is -0.428. The van der Waals surface area contributed by atoms with Crippen molar-refractivity contribution in [1.29, 1.82) is 0 Å². The minimum absolute atomic E-state index is 0.237. The second-order valence-corrected chi connectivity index (χ2v) is 6.96. The molecule has 1 saturated heterocycles. The third-order valence-corrected chi connectivity index (χ3v) is 4.94. The lowest BCUT2D eigenvalue weighted by molar-refractivity contribution is 0.104.